The van der Waals surface area contributed by atoms with Gasteiger partial charge in [-0.3, -0.25) is 10.3 Å². The van der Waals surface area contributed by atoms with Gasteiger partial charge in [-0.15, -0.1) is 0 Å². The van der Waals surface area contributed by atoms with E-state index in [4.69, 9.17) is 5.26 Å². The van der Waals surface area contributed by atoms with Crippen LogP contribution in [0, 0.1) is 11.5 Å². The van der Waals surface area contributed by atoms with Gasteiger partial charge in [-0.1, -0.05) is 0 Å². The maximum absolute atomic E-state index is 11.9. The van der Waals surface area contributed by atoms with E-state index < -0.39 is 11.2 Å². The number of aromatic nitrogens is 1. The van der Waals surface area contributed by atoms with Crippen LogP contribution in [0.4, 0.5) is 0 Å². The van der Waals surface area contributed by atoms with Crippen LogP contribution in [-0.2, 0) is 16.9 Å². The Hall–Kier alpha value is -1.30. The lowest BCUT2D eigenvalue weighted by Crippen LogP contribution is -2.32. The summed E-state index contributed by atoms with van der Waals surface area (Å²) in [5.74, 6) is 1.18. The Bertz CT molecular complexity index is 476. The van der Waals surface area contributed by atoms with Crippen LogP contribution in [0.15, 0.2) is 27.8 Å². The first-order valence-corrected chi connectivity index (χ1v) is 7.77. The first kappa shape index (κ1) is 15.8. The fraction of sp³-hybridized carbons (Fsp3) is 0.364. The molecule has 0 radical (unpaired) electrons. The molecule has 0 aromatic carbocycles. The molecule has 1 atom stereocenters. The molecule has 6 nitrogen and oxygen atoms in total. The highest BCUT2D eigenvalue weighted by molar-refractivity contribution is 9.10. The monoisotopic (exact) mass is 343 g/mol. The molecule has 19 heavy (non-hydrogen) atoms. The molecule has 2 N–H and O–H groups in total. The zero-order chi connectivity index (χ0) is 14.1. The number of pyridine rings is 1. The van der Waals surface area contributed by atoms with Crippen molar-refractivity contribution in [1.82, 2.24) is 15.6 Å². The number of guanidine groups is 1. The van der Waals surface area contributed by atoms with Gasteiger partial charge in [-0.2, -0.15) is 5.26 Å². The number of rotatable bonds is 5. The number of hydrogen-bond donors (Lipinski definition) is 2. The molecule has 1 heterocycles. The number of hydrogen-bond acceptors (Lipinski definition) is 4. The van der Waals surface area contributed by atoms with Crippen LogP contribution in [0.25, 0.3) is 0 Å². The van der Waals surface area contributed by atoms with Gasteiger partial charge in [-0.25, -0.2) is 4.99 Å². The van der Waals surface area contributed by atoms with E-state index in [1.54, 1.807) is 19.4 Å². The minimum atomic E-state index is -1.04. The fourth-order valence-electron chi connectivity index (χ4n) is 1.24. The number of nitrogens with one attached hydrogen (secondary N) is 2. The van der Waals surface area contributed by atoms with Crippen molar-refractivity contribution in [2.45, 2.75) is 5.75 Å². The SMILES string of the molecule is CN/C(=N/CC[S+]([O-])Cc1ncccc1Br)NC#N. The van der Waals surface area contributed by atoms with Gasteiger partial charge >= 0.3 is 0 Å². The minimum Gasteiger partial charge on any atom is -0.616 e. The molecule has 0 saturated carbocycles. The van der Waals surface area contributed by atoms with E-state index in [-0.39, 0.29) is 0 Å². The summed E-state index contributed by atoms with van der Waals surface area (Å²) in [6.07, 6.45) is 3.44. The van der Waals surface area contributed by atoms with E-state index in [9.17, 15) is 4.55 Å². The first-order valence-electron chi connectivity index (χ1n) is 5.49. The van der Waals surface area contributed by atoms with Crippen molar-refractivity contribution < 1.29 is 4.55 Å². The van der Waals surface area contributed by atoms with Crippen molar-refractivity contribution in [2.24, 2.45) is 4.99 Å². The molecule has 8 heteroatoms. The largest absolute Gasteiger partial charge is 0.616 e. The quantitative estimate of drug-likeness (QED) is 0.270. The first-order chi connectivity index (χ1) is 9.17. The van der Waals surface area contributed by atoms with Crippen LogP contribution in [0.5, 0.6) is 0 Å². The number of nitrogens with zero attached hydrogens (tertiary/aromatic N) is 3. The standard InChI is InChI=1S/C11H14BrN5OS/c1-14-11(17-8-13)16-5-6-19(18)7-10-9(12)3-2-4-15-10/h2-4H,5-7H2,1H3,(H2,14,16,17). The summed E-state index contributed by atoms with van der Waals surface area (Å²) in [6.45, 7) is 0.377. The molecular formula is C11H14BrN5OS. The average molecular weight is 344 g/mol. The molecule has 102 valence electrons. The zero-order valence-electron chi connectivity index (χ0n) is 10.4. The van der Waals surface area contributed by atoms with Crippen molar-refractivity contribution in [3.05, 3.63) is 28.5 Å². The van der Waals surface area contributed by atoms with E-state index in [0.29, 0.717) is 24.0 Å². The Labute approximate surface area is 123 Å². The lowest BCUT2D eigenvalue weighted by molar-refractivity contribution is 0.593. The van der Waals surface area contributed by atoms with Gasteiger partial charge in [0, 0.05) is 17.7 Å². The van der Waals surface area contributed by atoms with Crippen LogP contribution in [0.2, 0.25) is 0 Å². The Morgan fingerprint density at radius 2 is 2.47 bits per heavy atom. The lowest BCUT2D eigenvalue weighted by atomic mass is 10.4. The average Bonchev–Trinajstić information content (AvgIpc) is 2.40. The smallest absolute Gasteiger partial charge is 0.204 e. The lowest BCUT2D eigenvalue weighted by Gasteiger charge is -2.10. The van der Waals surface area contributed by atoms with Crippen molar-refractivity contribution in [1.29, 1.82) is 5.26 Å². The number of halogens is 1. The molecule has 0 spiro atoms. The van der Waals surface area contributed by atoms with E-state index in [0.717, 1.165) is 10.2 Å². The van der Waals surface area contributed by atoms with Crippen molar-refractivity contribution in [2.75, 3.05) is 19.3 Å². The second-order valence-corrected chi connectivity index (χ2v) is 5.87. The summed E-state index contributed by atoms with van der Waals surface area (Å²) in [5.41, 5.74) is 0.772. The van der Waals surface area contributed by atoms with Crippen LogP contribution < -0.4 is 10.6 Å². The van der Waals surface area contributed by atoms with Crippen molar-refractivity contribution in [3.63, 3.8) is 0 Å². The summed E-state index contributed by atoms with van der Waals surface area (Å²) >= 11 is 2.33. The second kappa shape index (κ2) is 8.74. The summed E-state index contributed by atoms with van der Waals surface area (Å²) in [7, 11) is 1.66. The minimum absolute atomic E-state index is 0.374. The molecular weight excluding hydrogens is 330 g/mol. The van der Waals surface area contributed by atoms with Gasteiger partial charge in [0.25, 0.3) is 0 Å². The van der Waals surface area contributed by atoms with Crippen LogP contribution >= 0.6 is 15.9 Å². The summed E-state index contributed by atoms with van der Waals surface area (Å²) in [6, 6.07) is 3.68. The molecule has 0 saturated heterocycles. The fourth-order valence-corrected chi connectivity index (χ4v) is 2.80. The third-order valence-electron chi connectivity index (χ3n) is 2.13. The van der Waals surface area contributed by atoms with Crippen LogP contribution in [0.3, 0.4) is 0 Å². The zero-order valence-corrected chi connectivity index (χ0v) is 12.8. The van der Waals surface area contributed by atoms with Crippen molar-refractivity contribution >= 4 is 33.1 Å². The number of aliphatic imine (C=N–C) groups is 1. The van der Waals surface area contributed by atoms with Crippen molar-refractivity contribution in [3.8, 4) is 6.19 Å². The van der Waals surface area contributed by atoms with Gasteiger partial charge in [0.15, 0.2) is 6.19 Å². The highest BCUT2D eigenvalue weighted by atomic mass is 79.9. The highest BCUT2D eigenvalue weighted by Gasteiger charge is 2.11. The molecule has 0 fully saturated rings. The molecule has 0 bridgehead atoms. The predicted octanol–water partition coefficient (Wildman–Crippen LogP) is 0.739. The third-order valence-corrected chi connectivity index (χ3v) is 4.09. The molecule has 1 rings (SSSR count). The van der Waals surface area contributed by atoms with Gasteiger partial charge in [0.1, 0.15) is 17.2 Å². The topological polar surface area (TPSA) is 96.2 Å². The highest BCUT2D eigenvalue weighted by Crippen LogP contribution is 2.16. The van der Waals surface area contributed by atoms with E-state index in [1.807, 2.05) is 12.1 Å². The molecule has 1 unspecified atom stereocenters. The third kappa shape index (κ3) is 5.92. The summed E-state index contributed by atoms with van der Waals surface area (Å²) in [4.78, 5) is 8.25. The molecule has 1 aromatic rings. The Morgan fingerprint density at radius 1 is 1.68 bits per heavy atom. The second-order valence-electron chi connectivity index (χ2n) is 3.44. The normalized spacial score (nSPS) is 12.6. The number of nitriles is 1. The Morgan fingerprint density at radius 3 is 3.11 bits per heavy atom. The van der Waals surface area contributed by atoms with E-state index in [1.165, 1.54) is 0 Å². The van der Waals surface area contributed by atoms with E-state index in [2.05, 4.69) is 36.5 Å². The molecule has 0 aliphatic heterocycles. The Kier molecular flexibility index (Phi) is 7.25. The molecule has 0 aliphatic rings. The van der Waals surface area contributed by atoms with Crippen LogP contribution in [-0.4, -0.2) is 34.8 Å². The van der Waals surface area contributed by atoms with Gasteiger partial charge in [-0.05, 0) is 39.2 Å². The predicted molar refractivity (Wildman–Crippen MR) is 78.8 cm³/mol. The molecule has 0 aliphatic carbocycles. The van der Waals surface area contributed by atoms with E-state index >= 15 is 0 Å². The molecule has 1 aromatic heterocycles. The van der Waals surface area contributed by atoms with Gasteiger partial charge in [0.05, 0.1) is 6.54 Å². The maximum atomic E-state index is 11.9. The molecule has 0 amide bonds. The Balaban J connectivity index is 2.42. The van der Waals surface area contributed by atoms with Gasteiger partial charge < -0.3 is 9.87 Å². The maximum Gasteiger partial charge on any atom is 0.204 e. The summed E-state index contributed by atoms with van der Waals surface area (Å²) in [5, 5.41) is 13.6. The van der Waals surface area contributed by atoms with Gasteiger partial charge in [0.2, 0.25) is 5.96 Å². The van der Waals surface area contributed by atoms with Crippen LogP contribution in [0.1, 0.15) is 5.69 Å². The summed E-state index contributed by atoms with van der Waals surface area (Å²) < 4.78 is 12.7.